The van der Waals surface area contributed by atoms with E-state index in [1.54, 1.807) is 43.3 Å². The van der Waals surface area contributed by atoms with Crippen LogP contribution in [0.5, 0.6) is 0 Å². The van der Waals surface area contributed by atoms with E-state index in [1.807, 2.05) is 54.1 Å². The maximum atomic E-state index is 13.0. The van der Waals surface area contributed by atoms with Crippen molar-refractivity contribution in [2.45, 2.75) is 6.92 Å². The van der Waals surface area contributed by atoms with Gasteiger partial charge in [0.2, 0.25) is 5.95 Å². The van der Waals surface area contributed by atoms with Crippen LogP contribution in [-0.4, -0.2) is 20.4 Å². The van der Waals surface area contributed by atoms with Crippen LogP contribution in [0.1, 0.15) is 16.1 Å². The summed E-state index contributed by atoms with van der Waals surface area (Å²) in [6.07, 6.45) is 0. The molecule has 0 spiro atoms. The number of aryl methyl sites for hydroxylation is 1. The Morgan fingerprint density at radius 1 is 0.971 bits per heavy atom. The molecule has 2 heterocycles. The lowest BCUT2D eigenvalue weighted by Crippen LogP contribution is -2.16. The highest BCUT2D eigenvalue weighted by Gasteiger charge is 2.15. The highest BCUT2D eigenvalue weighted by atomic mass is 35.5. The van der Waals surface area contributed by atoms with Crippen LogP contribution in [-0.2, 0) is 7.05 Å². The lowest BCUT2D eigenvalue weighted by molar-refractivity contribution is 0.102. The summed E-state index contributed by atoms with van der Waals surface area (Å²) in [4.78, 5) is 33.0. The smallest absolute Gasteiger partial charge is 0.272 e. The average molecular weight is 484 g/mol. The van der Waals surface area contributed by atoms with Gasteiger partial charge >= 0.3 is 0 Å². The molecule has 0 saturated carbocycles. The van der Waals surface area contributed by atoms with Gasteiger partial charge in [-0.3, -0.25) is 14.6 Å². The van der Waals surface area contributed by atoms with Crippen LogP contribution >= 0.6 is 11.6 Å². The molecule has 5 rings (SSSR count). The number of halogens is 1. The summed E-state index contributed by atoms with van der Waals surface area (Å²) in [5.74, 6) is 0.0874. The number of hydrogen-bond donors (Lipinski definition) is 3. The molecule has 0 unspecified atom stereocenters. The van der Waals surface area contributed by atoms with E-state index in [1.165, 1.54) is 0 Å². The zero-order valence-electron chi connectivity index (χ0n) is 19.1. The Hall–Kier alpha value is -4.36. The molecule has 0 radical (unpaired) electrons. The number of rotatable bonds is 5. The zero-order valence-corrected chi connectivity index (χ0v) is 19.9. The monoisotopic (exact) mass is 483 g/mol. The van der Waals surface area contributed by atoms with Gasteiger partial charge in [0.1, 0.15) is 5.69 Å². The molecule has 0 saturated heterocycles. The van der Waals surface area contributed by atoms with E-state index < -0.39 is 0 Å². The predicted molar refractivity (Wildman–Crippen MR) is 141 cm³/mol. The van der Waals surface area contributed by atoms with E-state index in [0.717, 1.165) is 16.6 Å². The molecule has 1 amide bonds. The summed E-state index contributed by atoms with van der Waals surface area (Å²) >= 11 is 5.95. The standard InChI is InChI=1S/C27H22ClN5O2/c1-16-24(31-27(32-25(16)34)30-20-12-10-19(28)11-13-20)18-7-5-8-21(14-18)29-26(35)23-15-17-6-3-4-9-22(17)33(23)2/h3-15H,1-2H3,(H,29,35)(H2,30,31,32,34). The van der Waals surface area contributed by atoms with Crippen molar-refractivity contribution in [3.63, 3.8) is 0 Å². The lowest BCUT2D eigenvalue weighted by atomic mass is 10.1. The maximum Gasteiger partial charge on any atom is 0.272 e. The molecule has 0 aliphatic rings. The van der Waals surface area contributed by atoms with Gasteiger partial charge in [-0.2, -0.15) is 0 Å². The largest absolute Gasteiger partial charge is 0.340 e. The van der Waals surface area contributed by atoms with Gasteiger partial charge in [-0.25, -0.2) is 4.98 Å². The topological polar surface area (TPSA) is 91.8 Å². The number of aromatic amines is 1. The number of para-hydroxylation sites is 1. The maximum absolute atomic E-state index is 13.0. The molecule has 2 aromatic heterocycles. The first-order valence-corrected chi connectivity index (χ1v) is 11.4. The minimum atomic E-state index is -0.253. The number of carbonyl (C=O) groups is 1. The molecular weight excluding hydrogens is 462 g/mol. The number of hydrogen-bond acceptors (Lipinski definition) is 4. The third kappa shape index (κ3) is 4.54. The predicted octanol–water partition coefficient (Wildman–Crippen LogP) is 5.89. The highest BCUT2D eigenvalue weighted by molar-refractivity contribution is 6.30. The Morgan fingerprint density at radius 3 is 2.51 bits per heavy atom. The van der Waals surface area contributed by atoms with Crippen molar-refractivity contribution >= 4 is 45.7 Å². The Morgan fingerprint density at radius 2 is 1.74 bits per heavy atom. The Bertz CT molecular complexity index is 1620. The van der Waals surface area contributed by atoms with Crippen molar-refractivity contribution < 1.29 is 4.79 Å². The number of carbonyl (C=O) groups excluding carboxylic acids is 1. The first-order valence-electron chi connectivity index (χ1n) is 11.0. The summed E-state index contributed by atoms with van der Waals surface area (Å²) in [7, 11) is 1.87. The summed E-state index contributed by atoms with van der Waals surface area (Å²) in [6.45, 7) is 1.72. The lowest BCUT2D eigenvalue weighted by Gasteiger charge is -2.12. The Balaban J connectivity index is 1.44. The van der Waals surface area contributed by atoms with Crippen molar-refractivity contribution in [2.24, 2.45) is 7.05 Å². The number of aromatic nitrogens is 3. The fourth-order valence-corrected chi connectivity index (χ4v) is 4.11. The highest BCUT2D eigenvalue weighted by Crippen LogP contribution is 2.25. The van der Waals surface area contributed by atoms with Gasteiger partial charge in [-0.1, -0.05) is 41.9 Å². The second-order valence-electron chi connectivity index (χ2n) is 8.20. The van der Waals surface area contributed by atoms with Crippen molar-refractivity contribution in [1.29, 1.82) is 0 Å². The molecule has 0 atom stereocenters. The Kier molecular flexibility index (Phi) is 5.84. The van der Waals surface area contributed by atoms with Crippen molar-refractivity contribution in [3.8, 4) is 11.3 Å². The number of anilines is 3. The average Bonchev–Trinajstić information content (AvgIpc) is 3.19. The van der Waals surface area contributed by atoms with Crippen molar-refractivity contribution in [3.05, 3.63) is 105 Å². The molecule has 0 aliphatic carbocycles. The second-order valence-corrected chi connectivity index (χ2v) is 8.64. The third-order valence-corrected chi connectivity index (χ3v) is 6.09. The second kappa shape index (κ2) is 9.12. The van der Waals surface area contributed by atoms with Crippen LogP contribution in [0.25, 0.3) is 22.2 Å². The molecule has 35 heavy (non-hydrogen) atoms. The summed E-state index contributed by atoms with van der Waals surface area (Å²) < 4.78 is 1.87. The molecule has 174 valence electrons. The minimum absolute atomic E-state index is 0.221. The summed E-state index contributed by atoms with van der Waals surface area (Å²) in [6, 6.07) is 24.1. The van der Waals surface area contributed by atoms with Crippen LogP contribution in [0.4, 0.5) is 17.3 Å². The SMILES string of the molecule is Cc1c(-c2cccc(NC(=O)c3cc4ccccc4n3C)c2)nc(Nc2ccc(Cl)cc2)[nH]c1=O. The molecule has 0 aliphatic heterocycles. The molecule has 3 aromatic carbocycles. The first-order chi connectivity index (χ1) is 16.9. The van der Waals surface area contributed by atoms with Gasteiger partial charge in [-0.05, 0) is 55.5 Å². The van der Waals surface area contributed by atoms with Crippen molar-refractivity contribution in [2.75, 3.05) is 10.6 Å². The number of nitrogens with one attached hydrogen (secondary N) is 3. The fourth-order valence-electron chi connectivity index (χ4n) is 3.99. The van der Waals surface area contributed by atoms with E-state index in [9.17, 15) is 9.59 Å². The molecule has 8 heteroatoms. The van der Waals surface area contributed by atoms with Gasteiger partial charge in [-0.15, -0.1) is 0 Å². The molecule has 3 N–H and O–H groups in total. The third-order valence-electron chi connectivity index (χ3n) is 5.84. The van der Waals surface area contributed by atoms with Crippen LogP contribution in [0.2, 0.25) is 5.02 Å². The van der Waals surface area contributed by atoms with E-state index in [0.29, 0.717) is 39.2 Å². The summed E-state index contributed by atoms with van der Waals surface area (Å²) in [5.41, 5.74) is 4.33. The zero-order chi connectivity index (χ0) is 24.5. The van der Waals surface area contributed by atoms with E-state index in [2.05, 4.69) is 20.6 Å². The van der Waals surface area contributed by atoms with Gasteiger partial charge in [0, 0.05) is 45.5 Å². The number of benzene rings is 3. The van der Waals surface area contributed by atoms with Gasteiger partial charge in [0.05, 0.1) is 5.69 Å². The first kappa shape index (κ1) is 22.4. The molecule has 5 aromatic rings. The molecule has 0 bridgehead atoms. The van der Waals surface area contributed by atoms with Gasteiger partial charge in [0.25, 0.3) is 11.5 Å². The van der Waals surface area contributed by atoms with E-state index in [-0.39, 0.29) is 11.5 Å². The number of amides is 1. The van der Waals surface area contributed by atoms with E-state index >= 15 is 0 Å². The van der Waals surface area contributed by atoms with Gasteiger partial charge < -0.3 is 15.2 Å². The number of nitrogens with zero attached hydrogens (tertiary/aromatic N) is 2. The molecular formula is C27H22ClN5O2. The normalized spacial score (nSPS) is 10.9. The quantitative estimate of drug-likeness (QED) is 0.291. The Labute approximate surface area is 206 Å². The molecule has 7 nitrogen and oxygen atoms in total. The number of H-pyrrole nitrogens is 1. The van der Waals surface area contributed by atoms with Crippen LogP contribution in [0.3, 0.4) is 0 Å². The van der Waals surface area contributed by atoms with Crippen LogP contribution in [0, 0.1) is 6.92 Å². The van der Waals surface area contributed by atoms with Crippen molar-refractivity contribution in [1.82, 2.24) is 14.5 Å². The van der Waals surface area contributed by atoms with Gasteiger partial charge in [0.15, 0.2) is 0 Å². The van der Waals surface area contributed by atoms with Crippen LogP contribution < -0.4 is 16.2 Å². The summed E-state index contributed by atoms with van der Waals surface area (Å²) in [5, 5.41) is 7.67. The van der Waals surface area contributed by atoms with Crippen LogP contribution in [0.15, 0.2) is 83.7 Å². The fraction of sp³-hybridized carbons (Fsp3) is 0.0741. The van der Waals surface area contributed by atoms with E-state index in [4.69, 9.17) is 11.6 Å². The number of fused-ring (bicyclic) bond motifs is 1. The minimum Gasteiger partial charge on any atom is -0.340 e. The molecule has 0 fully saturated rings.